The normalized spacial score (nSPS) is 16.0. The number of nitrogens with one attached hydrogen (secondary N) is 1. The molecule has 5 N–H and O–H groups in total. The maximum Gasteiger partial charge on any atom is 0.236 e. The van der Waals surface area contributed by atoms with Gasteiger partial charge in [0, 0.05) is 41.7 Å². The second kappa shape index (κ2) is 8.73. The summed E-state index contributed by atoms with van der Waals surface area (Å²) in [5.41, 5.74) is 13.0. The third-order valence-corrected chi connectivity index (χ3v) is 6.45. The molecule has 0 spiro atoms. The van der Waals surface area contributed by atoms with Crippen LogP contribution in [-0.2, 0) is 20.0 Å². The quantitative estimate of drug-likeness (QED) is 0.566. The fourth-order valence-electron chi connectivity index (χ4n) is 3.38. The van der Waals surface area contributed by atoms with Crippen LogP contribution in [0.4, 0.5) is 5.69 Å². The third-order valence-electron chi connectivity index (χ3n) is 5.32. The van der Waals surface area contributed by atoms with Crippen molar-refractivity contribution in [2.75, 3.05) is 11.6 Å². The number of sulfone groups is 1. The van der Waals surface area contributed by atoms with E-state index in [1.165, 1.54) is 24.5 Å². The van der Waals surface area contributed by atoms with E-state index < -0.39 is 15.3 Å². The highest BCUT2D eigenvalue weighted by Crippen LogP contribution is 2.44. The number of carbonyl (C=O) groups is 1. The van der Waals surface area contributed by atoms with Crippen molar-refractivity contribution in [3.8, 4) is 0 Å². The zero-order valence-electron chi connectivity index (χ0n) is 17.2. The Labute approximate surface area is 181 Å². The molecule has 1 aromatic heterocycles. The van der Waals surface area contributed by atoms with Crippen LogP contribution in [0, 0.1) is 0 Å². The van der Waals surface area contributed by atoms with Crippen molar-refractivity contribution >= 4 is 33.2 Å². The highest BCUT2D eigenvalue weighted by molar-refractivity contribution is 7.90. The number of amides is 1. The van der Waals surface area contributed by atoms with Gasteiger partial charge in [-0.05, 0) is 43.2 Å². The lowest BCUT2D eigenvalue weighted by Crippen LogP contribution is -2.46. The number of anilines is 1. The summed E-state index contributed by atoms with van der Waals surface area (Å²) in [4.78, 5) is 21.8. The number of rotatable bonds is 7. The van der Waals surface area contributed by atoms with Crippen LogP contribution in [0.25, 0.3) is 5.57 Å². The van der Waals surface area contributed by atoms with Gasteiger partial charge in [-0.1, -0.05) is 19.1 Å². The fraction of sp³-hybridized carbons (Fsp3) is 0.227. The molecule has 1 fully saturated rings. The molecule has 31 heavy (non-hydrogen) atoms. The molecule has 1 aliphatic carbocycles. The Balaban J connectivity index is 1.80. The molecule has 0 bridgehead atoms. The Morgan fingerprint density at radius 2 is 1.90 bits per heavy atom. The van der Waals surface area contributed by atoms with Gasteiger partial charge in [0.05, 0.1) is 16.0 Å². The summed E-state index contributed by atoms with van der Waals surface area (Å²) < 4.78 is 23.2. The first-order chi connectivity index (χ1) is 14.7. The van der Waals surface area contributed by atoms with E-state index in [1.54, 1.807) is 18.3 Å². The van der Waals surface area contributed by atoms with E-state index in [4.69, 9.17) is 11.5 Å². The van der Waals surface area contributed by atoms with Crippen molar-refractivity contribution in [1.29, 1.82) is 0 Å². The lowest BCUT2D eigenvalue weighted by molar-refractivity contribution is -0.124. The Kier molecular flexibility index (Phi) is 6.26. The van der Waals surface area contributed by atoms with Gasteiger partial charge in [-0.3, -0.25) is 9.78 Å². The van der Waals surface area contributed by atoms with E-state index in [0.29, 0.717) is 29.8 Å². The van der Waals surface area contributed by atoms with E-state index in [9.17, 15) is 13.2 Å². The number of aliphatic imine (C=N–C) groups is 1. The van der Waals surface area contributed by atoms with E-state index >= 15 is 0 Å². The minimum absolute atomic E-state index is 0.165. The zero-order chi connectivity index (χ0) is 22.6. The molecule has 1 aliphatic rings. The fourth-order valence-corrected chi connectivity index (χ4v) is 4.01. The summed E-state index contributed by atoms with van der Waals surface area (Å²) in [6, 6.07) is 9.77. The number of allylic oxidation sites excluding steroid dienone is 1. The van der Waals surface area contributed by atoms with Crippen LogP contribution >= 0.6 is 0 Å². The van der Waals surface area contributed by atoms with E-state index in [2.05, 4.69) is 21.9 Å². The standard InChI is InChI=1S/C22H25N5O3S/c1-15(24)25-14-17(12-23)16-4-9-20(26-13-16)22(10-3-11-22)21(28)27-18-5-7-19(8-6-18)31(2,29)30/h4-9,12-14H,1,3,10-11,23-24H2,2H3,(H,27,28)/b17-12+,25-14-. The Morgan fingerprint density at radius 1 is 1.23 bits per heavy atom. The largest absolute Gasteiger partial charge is 0.404 e. The van der Waals surface area contributed by atoms with Crippen LogP contribution in [0.5, 0.6) is 0 Å². The second-order valence-corrected chi connectivity index (χ2v) is 9.51. The summed E-state index contributed by atoms with van der Waals surface area (Å²) in [6.07, 6.45) is 7.97. The molecular formula is C22H25N5O3S. The lowest BCUT2D eigenvalue weighted by atomic mass is 9.65. The maximum atomic E-state index is 13.1. The summed E-state index contributed by atoms with van der Waals surface area (Å²) in [6.45, 7) is 3.51. The second-order valence-electron chi connectivity index (χ2n) is 7.49. The molecule has 8 nitrogen and oxygen atoms in total. The number of nitrogens with two attached hydrogens (primary N) is 2. The topological polar surface area (TPSA) is 141 Å². The molecule has 0 radical (unpaired) electrons. The van der Waals surface area contributed by atoms with E-state index in [0.717, 1.165) is 18.2 Å². The highest BCUT2D eigenvalue weighted by atomic mass is 32.2. The minimum Gasteiger partial charge on any atom is -0.404 e. The molecule has 0 atom stereocenters. The molecule has 1 saturated carbocycles. The van der Waals surface area contributed by atoms with Gasteiger partial charge in [0.2, 0.25) is 5.91 Å². The van der Waals surface area contributed by atoms with Gasteiger partial charge >= 0.3 is 0 Å². The van der Waals surface area contributed by atoms with Crippen molar-refractivity contribution in [3.63, 3.8) is 0 Å². The Hall–Kier alpha value is -3.46. The third kappa shape index (κ3) is 4.83. The van der Waals surface area contributed by atoms with Crippen LogP contribution < -0.4 is 16.8 Å². The molecule has 1 aromatic carbocycles. The number of pyridine rings is 1. The van der Waals surface area contributed by atoms with E-state index in [-0.39, 0.29) is 16.6 Å². The average molecular weight is 440 g/mol. The van der Waals surface area contributed by atoms with Gasteiger partial charge in [-0.15, -0.1) is 0 Å². The number of nitrogens with zero attached hydrogens (tertiary/aromatic N) is 2. The van der Waals surface area contributed by atoms with Crippen LogP contribution in [0.3, 0.4) is 0 Å². The SMILES string of the molecule is C=C(N)/N=C\C(=C/N)c1ccc(C2(C(=O)Nc3ccc(S(C)(=O)=O)cc3)CCC2)nc1. The van der Waals surface area contributed by atoms with Crippen molar-refractivity contribution in [2.24, 2.45) is 16.5 Å². The molecule has 1 amide bonds. The molecule has 0 unspecified atom stereocenters. The van der Waals surface area contributed by atoms with Crippen molar-refractivity contribution in [1.82, 2.24) is 4.98 Å². The van der Waals surface area contributed by atoms with Crippen LogP contribution in [0.2, 0.25) is 0 Å². The van der Waals surface area contributed by atoms with Crippen molar-refractivity contribution in [3.05, 3.63) is 72.5 Å². The number of aromatic nitrogens is 1. The average Bonchev–Trinajstić information content (AvgIpc) is 2.68. The van der Waals surface area contributed by atoms with Gasteiger partial charge in [0.15, 0.2) is 9.84 Å². The monoisotopic (exact) mass is 439 g/mol. The molecular weight excluding hydrogens is 414 g/mol. The number of hydrogen-bond acceptors (Lipinski definition) is 7. The molecule has 2 aromatic rings. The molecule has 9 heteroatoms. The molecule has 3 rings (SSSR count). The van der Waals surface area contributed by atoms with Crippen LogP contribution in [0.15, 0.2) is 71.1 Å². The first-order valence-electron chi connectivity index (χ1n) is 9.64. The number of carbonyl (C=O) groups excluding carboxylic acids is 1. The van der Waals surface area contributed by atoms with Gasteiger partial charge in [0.1, 0.15) is 5.82 Å². The lowest BCUT2D eigenvalue weighted by Gasteiger charge is -2.39. The van der Waals surface area contributed by atoms with Crippen molar-refractivity contribution in [2.45, 2.75) is 29.6 Å². The maximum absolute atomic E-state index is 13.1. The van der Waals surface area contributed by atoms with Gasteiger partial charge < -0.3 is 16.8 Å². The summed E-state index contributed by atoms with van der Waals surface area (Å²) in [5, 5.41) is 2.89. The summed E-state index contributed by atoms with van der Waals surface area (Å²) >= 11 is 0. The molecule has 162 valence electrons. The Bertz CT molecular complexity index is 1150. The number of hydrogen-bond donors (Lipinski definition) is 3. The zero-order valence-corrected chi connectivity index (χ0v) is 18.0. The first-order valence-corrected chi connectivity index (χ1v) is 11.5. The van der Waals surface area contributed by atoms with Gasteiger partial charge in [-0.2, -0.15) is 0 Å². The van der Waals surface area contributed by atoms with Gasteiger partial charge in [-0.25, -0.2) is 13.4 Å². The van der Waals surface area contributed by atoms with Crippen molar-refractivity contribution < 1.29 is 13.2 Å². The Morgan fingerprint density at radius 3 is 2.35 bits per heavy atom. The summed E-state index contributed by atoms with van der Waals surface area (Å²) in [5.74, 6) is 0.000259. The van der Waals surface area contributed by atoms with Crippen LogP contribution in [0.1, 0.15) is 30.5 Å². The van der Waals surface area contributed by atoms with E-state index in [1.807, 2.05) is 12.1 Å². The predicted octanol–water partition coefficient (Wildman–Crippen LogP) is 2.35. The minimum atomic E-state index is -3.29. The van der Waals surface area contributed by atoms with Gasteiger partial charge in [0.25, 0.3) is 0 Å². The molecule has 0 saturated heterocycles. The summed E-state index contributed by atoms with van der Waals surface area (Å²) in [7, 11) is -3.29. The highest BCUT2D eigenvalue weighted by Gasteiger charge is 2.46. The predicted molar refractivity (Wildman–Crippen MR) is 122 cm³/mol. The molecule has 0 aliphatic heterocycles. The number of benzene rings is 1. The van der Waals surface area contributed by atoms with Crippen LogP contribution in [-0.4, -0.2) is 31.8 Å². The molecule has 1 heterocycles. The first kappa shape index (κ1) is 22.2. The smallest absolute Gasteiger partial charge is 0.236 e.